The first-order chi connectivity index (χ1) is 15.9. The van der Waals surface area contributed by atoms with Crippen LogP contribution in [0.15, 0.2) is 64.3 Å². The SMILES string of the molecule is O=C(NP1Oc2ccccc2O1)n1cc(F)c(=O)n(C(=O)NP2Oc3ccccc3O2)c1=O. The van der Waals surface area contributed by atoms with Crippen LogP contribution in [0.3, 0.4) is 0 Å². The van der Waals surface area contributed by atoms with Crippen molar-refractivity contribution in [1.29, 1.82) is 0 Å². The molecule has 0 saturated carbocycles. The molecular weight excluding hydrogens is 481 g/mol. The van der Waals surface area contributed by atoms with E-state index in [2.05, 4.69) is 10.2 Å². The second kappa shape index (κ2) is 8.19. The van der Waals surface area contributed by atoms with Crippen molar-refractivity contribution in [2.45, 2.75) is 0 Å². The number of carbonyl (C=O) groups excluding carboxylic acids is 2. The summed E-state index contributed by atoms with van der Waals surface area (Å²) in [5.74, 6) is -0.105. The van der Waals surface area contributed by atoms with E-state index in [1.807, 2.05) is 0 Å². The summed E-state index contributed by atoms with van der Waals surface area (Å²) in [5.41, 5.74) is -2.98. The molecule has 0 aliphatic carbocycles. The normalized spacial score (nSPS) is 14.2. The number of amides is 2. The van der Waals surface area contributed by atoms with Gasteiger partial charge in [-0.05, 0) is 24.3 Å². The molecule has 2 aromatic carbocycles. The Balaban J connectivity index is 1.35. The molecule has 0 fully saturated rings. The van der Waals surface area contributed by atoms with Gasteiger partial charge in [0.05, 0.1) is 6.20 Å². The van der Waals surface area contributed by atoms with E-state index in [0.717, 1.165) is 0 Å². The Kier molecular flexibility index (Phi) is 5.20. The van der Waals surface area contributed by atoms with Crippen LogP contribution in [0.4, 0.5) is 14.0 Å². The summed E-state index contributed by atoms with van der Waals surface area (Å²) >= 11 is 0. The summed E-state index contributed by atoms with van der Waals surface area (Å²) in [4.78, 5) is 50.0. The Morgan fingerprint density at radius 1 is 0.758 bits per heavy atom. The molecule has 0 saturated heterocycles. The van der Waals surface area contributed by atoms with Gasteiger partial charge in [0.15, 0.2) is 23.0 Å². The van der Waals surface area contributed by atoms with Crippen LogP contribution in [0.1, 0.15) is 0 Å². The maximum atomic E-state index is 14.2. The number of rotatable bonds is 2. The Bertz CT molecular complexity index is 1360. The van der Waals surface area contributed by atoms with Crippen molar-refractivity contribution in [2.24, 2.45) is 0 Å². The predicted octanol–water partition coefficient (Wildman–Crippen LogP) is 2.66. The lowest BCUT2D eigenvalue weighted by Crippen LogP contribution is -2.50. The number of benzene rings is 2. The quantitative estimate of drug-likeness (QED) is 0.521. The maximum Gasteiger partial charge on any atom is 0.418 e. The third kappa shape index (κ3) is 3.88. The van der Waals surface area contributed by atoms with Gasteiger partial charge < -0.3 is 18.1 Å². The van der Waals surface area contributed by atoms with Gasteiger partial charge in [-0.3, -0.25) is 4.79 Å². The van der Waals surface area contributed by atoms with Gasteiger partial charge in [0, 0.05) is 0 Å². The van der Waals surface area contributed by atoms with Crippen molar-refractivity contribution in [3.8, 4) is 23.0 Å². The number of hydrogen-bond donors (Lipinski definition) is 2. The average Bonchev–Trinajstić information content (AvgIpc) is 3.38. The van der Waals surface area contributed by atoms with Crippen molar-refractivity contribution in [1.82, 2.24) is 19.3 Å². The average molecular weight is 492 g/mol. The van der Waals surface area contributed by atoms with Crippen LogP contribution in [0.5, 0.6) is 23.0 Å². The first-order valence-corrected chi connectivity index (χ1v) is 11.4. The number of nitrogens with one attached hydrogen (secondary N) is 2. The fourth-order valence-corrected chi connectivity index (χ4v) is 4.89. The molecule has 33 heavy (non-hydrogen) atoms. The van der Waals surface area contributed by atoms with E-state index >= 15 is 0 Å². The van der Waals surface area contributed by atoms with Crippen LogP contribution in [0.2, 0.25) is 0 Å². The van der Waals surface area contributed by atoms with Crippen LogP contribution in [0.25, 0.3) is 0 Å². The summed E-state index contributed by atoms with van der Waals surface area (Å²) < 4.78 is 36.0. The van der Waals surface area contributed by atoms with E-state index in [-0.39, 0.29) is 9.13 Å². The van der Waals surface area contributed by atoms with Crippen molar-refractivity contribution in [3.05, 3.63) is 81.4 Å². The van der Waals surface area contributed by atoms with Gasteiger partial charge in [-0.15, -0.1) is 0 Å². The molecule has 0 radical (unpaired) electrons. The van der Waals surface area contributed by atoms with Crippen molar-refractivity contribution in [3.63, 3.8) is 0 Å². The lowest BCUT2D eigenvalue weighted by Gasteiger charge is -2.13. The Hall–Kier alpha value is -3.95. The van der Waals surface area contributed by atoms with Gasteiger partial charge >= 0.3 is 40.4 Å². The van der Waals surface area contributed by atoms with E-state index < -0.39 is 46.2 Å². The van der Waals surface area contributed by atoms with Gasteiger partial charge in [-0.1, -0.05) is 24.3 Å². The highest BCUT2D eigenvalue weighted by atomic mass is 31.2. The highest BCUT2D eigenvalue weighted by Gasteiger charge is 2.32. The first-order valence-electron chi connectivity index (χ1n) is 9.07. The summed E-state index contributed by atoms with van der Waals surface area (Å²) in [5, 5.41) is 4.46. The third-order valence-corrected chi connectivity index (χ3v) is 6.46. The number of aromatic nitrogens is 2. The fraction of sp³-hybridized carbons (Fsp3) is 0. The predicted molar refractivity (Wildman–Crippen MR) is 112 cm³/mol. The molecule has 3 aromatic rings. The molecule has 0 unspecified atom stereocenters. The highest BCUT2D eigenvalue weighted by molar-refractivity contribution is 7.47. The Morgan fingerprint density at radius 3 is 1.64 bits per heavy atom. The zero-order valence-electron chi connectivity index (χ0n) is 16.1. The van der Waals surface area contributed by atoms with Gasteiger partial charge in [0.1, 0.15) is 0 Å². The van der Waals surface area contributed by atoms with Crippen molar-refractivity contribution >= 4 is 29.1 Å². The summed E-state index contributed by atoms with van der Waals surface area (Å²) in [6.45, 7) is 0. The molecule has 1 aromatic heterocycles. The molecule has 168 valence electrons. The molecule has 2 N–H and O–H groups in total. The van der Waals surface area contributed by atoms with Crippen molar-refractivity contribution < 1.29 is 32.1 Å². The largest absolute Gasteiger partial charge is 0.419 e. The van der Waals surface area contributed by atoms with Gasteiger partial charge in [0.2, 0.25) is 5.82 Å². The summed E-state index contributed by atoms with van der Waals surface area (Å²) in [6.07, 6.45) is 0.367. The molecule has 0 atom stereocenters. The Morgan fingerprint density at radius 2 is 1.18 bits per heavy atom. The minimum Gasteiger partial charge on any atom is -0.419 e. The lowest BCUT2D eigenvalue weighted by molar-refractivity contribution is 0.240. The number of carbonyl (C=O) groups is 2. The van der Waals surface area contributed by atoms with Gasteiger partial charge in [0.25, 0.3) is 0 Å². The number of nitrogens with zero attached hydrogens (tertiary/aromatic N) is 2. The molecule has 12 nitrogen and oxygen atoms in total. The van der Waals surface area contributed by atoms with E-state index in [9.17, 15) is 23.6 Å². The first kappa shape index (κ1) is 20.9. The zero-order valence-corrected chi connectivity index (χ0v) is 17.9. The van der Waals surface area contributed by atoms with Gasteiger partial charge in [-0.2, -0.15) is 8.96 Å². The fourth-order valence-electron chi connectivity index (χ4n) is 2.80. The molecule has 0 bridgehead atoms. The number of halogens is 1. The van der Waals surface area contributed by atoms with E-state index in [4.69, 9.17) is 18.1 Å². The molecule has 2 aliphatic rings. The number of fused-ring (bicyclic) bond motifs is 2. The van der Waals surface area contributed by atoms with E-state index in [0.29, 0.717) is 29.2 Å². The van der Waals surface area contributed by atoms with E-state index in [1.165, 1.54) is 0 Å². The third-order valence-electron chi connectivity index (χ3n) is 4.27. The molecule has 3 heterocycles. The van der Waals surface area contributed by atoms with E-state index in [1.54, 1.807) is 48.5 Å². The van der Waals surface area contributed by atoms with Crippen molar-refractivity contribution in [2.75, 3.05) is 0 Å². The van der Waals surface area contributed by atoms with Crippen LogP contribution < -0.4 is 39.5 Å². The molecule has 2 aliphatic heterocycles. The van der Waals surface area contributed by atoms with Crippen LogP contribution in [0, 0.1) is 5.82 Å². The zero-order chi connectivity index (χ0) is 23.1. The molecule has 15 heteroatoms. The Labute approximate surface area is 185 Å². The second-order valence-corrected chi connectivity index (χ2v) is 8.58. The molecule has 5 rings (SSSR count). The topological polar surface area (TPSA) is 139 Å². The van der Waals surface area contributed by atoms with Crippen LogP contribution >= 0.6 is 17.1 Å². The van der Waals surface area contributed by atoms with Crippen LogP contribution in [-0.2, 0) is 0 Å². The monoisotopic (exact) mass is 492 g/mol. The maximum absolute atomic E-state index is 14.2. The summed E-state index contributed by atoms with van der Waals surface area (Å²) in [7, 11) is -4.13. The number of hydrogen-bond acceptors (Lipinski definition) is 8. The standard InChI is InChI=1S/C18H11FN4O8P2/c19-10-9-22(16(25)20-32-28-11-5-1-2-6-12(11)29-32)18(27)23(15(10)24)17(26)21-33-30-13-7-3-4-8-14(13)31-33/h1-9H,(H,20,25)(H,21,26). The smallest absolute Gasteiger partial charge is 0.418 e. The van der Waals surface area contributed by atoms with Crippen LogP contribution in [-0.4, -0.2) is 21.2 Å². The number of para-hydroxylation sites is 4. The minimum absolute atomic E-state index is 0.0781. The minimum atomic E-state index is -2.10. The van der Waals surface area contributed by atoms with Gasteiger partial charge in [-0.25, -0.2) is 29.1 Å². The molecular formula is C18H11FN4O8P2. The second-order valence-electron chi connectivity index (χ2n) is 6.38. The molecule has 0 spiro atoms. The summed E-state index contributed by atoms with van der Waals surface area (Å²) in [6, 6.07) is 10.6. The highest BCUT2D eigenvalue weighted by Crippen LogP contribution is 2.50. The lowest BCUT2D eigenvalue weighted by atomic mass is 10.3. The molecule has 2 amide bonds.